The molecule has 4 heterocycles. The third kappa shape index (κ3) is 14.6. The van der Waals surface area contributed by atoms with Crippen molar-refractivity contribution in [2.75, 3.05) is 101 Å². The van der Waals surface area contributed by atoms with Crippen LogP contribution in [-0.4, -0.2) is 147 Å². The van der Waals surface area contributed by atoms with Crippen LogP contribution in [0.5, 0.6) is 11.5 Å². The van der Waals surface area contributed by atoms with Crippen molar-refractivity contribution < 1.29 is 28.7 Å². The maximum absolute atomic E-state index is 12.4. The highest BCUT2D eigenvalue weighted by Crippen LogP contribution is 2.31. The molecule has 4 aliphatic heterocycles. The molecule has 0 atom stereocenters. The van der Waals surface area contributed by atoms with Crippen LogP contribution >= 0.6 is 0 Å². The molecule has 0 saturated carbocycles. The van der Waals surface area contributed by atoms with Crippen molar-refractivity contribution in [1.29, 1.82) is 0 Å². The van der Waals surface area contributed by atoms with Crippen molar-refractivity contribution in [3.63, 3.8) is 0 Å². The summed E-state index contributed by atoms with van der Waals surface area (Å²) in [6.07, 6.45) is 8.22. The number of nitrogens with two attached hydrogens (primary N) is 2. The van der Waals surface area contributed by atoms with Crippen LogP contribution in [0.3, 0.4) is 0 Å². The molecule has 14 nitrogen and oxygen atoms in total. The lowest BCUT2D eigenvalue weighted by Crippen LogP contribution is -2.48. The van der Waals surface area contributed by atoms with Crippen LogP contribution in [0.1, 0.15) is 66.2 Å². The monoisotopic (exact) mass is 829 g/mol. The predicted octanol–water partition coefficient (Wildman–Crippen LogP) is 4.04. The summed E-state index contributed by atoms with van der Waals surface area (Å²) in [5, 5.41) is 0. The number of likely N-dealkylation sites (tertiary alicyclic amines) is 2. The van der Waals surface area contributed by atoms with Gasteiger partial charge in [-0.15, -0.1) is 0 Å². The Morgan fingerprint density at radius 1 is 0.550 bits per heavy atom. The summed E-state index contributed by atoms with van der Waals surface area (Å²) in [4.78, 5) is 60.9. The van der Waals surface area contributed by atoms with Gasteiger partial charge in [0.15, 0.2) is 11.6 Å². The Balaban J connectivity index is 0.000000228. The first-order valence-corrected chi connectivity index (χ1v) is 21.8. The van der Waals surface area contributed by atoms with Crippen LogP contribution in [0, 0.1) is 0 Å². The Kier molecular flexibility index (Phi) is 17.7. The summed E-state index contributed by atoms with van der Waals surface area (Å²) >= 11 is 0. The largest absolute Gasteiger partial charge is 0.489 e. The number of hydrogen-bond donors (Lipinski definition) is 2. The molecule has 328 valence electrons. The molecule has 0 unspecified atom stereocenters. The molecule has 4 saturated heterocycles. The molecule has 6 rings (SSSR count). The zero-order valence-corrected chi connectivity index (χ0v) is 36.4. The second kappa shape index (κ2) is 23.1. The molecule has 0 aromatic heterocycles. The number of anilines is 2. The first-order valence-electron chi connectivity index (χ1n) is 21.8. The van der Waals surface area contributed by atoms with Crippen molar-refractivity contribution in [3.8, 4) is 11.5 Å². The molecule has 2 aromatic rings. The molecule has 0 radical (unpaired) electrons. The summed E-state index contributed by atoms with van der Waals surface area (Å²) in [5.74, 6) is 1.91. The van der Waals surface area contributed by atoms with Crippen molar-refractivity contribution in [2.45, 2.75) is 78.4 Å². The van der Waals surface area contributed by atoms with E-state index >= 15 is 0 Å². The Hall–Kier alpha value is -5.08. The maximum Gasteiger partial charge on any atom is 0.222 e. The predicted molar refractivity (Wildman–Crippen MR) is 237 cm³/mol. The number of rotatable bonds is 16. The van der Waals surface area contributed by atoms with Crippen LogP contribution in [-0.2, 0) is 19.2 Å². The van der Waals surface area contributed by atoms with Crippen molar-refractivity contribution >= 4 is 34.8 Å². The third-order valence-corrected chi connectivity index (χ3v) is 10.9. The smallest absolute Gasteiger partial charge is 0.222 e. The first-order chi connectivity index (χ1) is 28.8. The molecule has 0 bridgehead atoms. The van der Waals surface area contributed by atoms with Crippen LogP contribution in [0.4, 0.5) is 11.4 Å². The highest BCUT2D eigenvalue weighted by atomic mass is 16.5. The van der Waals surface area contributed by atoms with Crippen LogP contribution in [0.2, 0.25) is 0 Å². The van der Waals surface area contributed by atoms with Gasteiger partial charge in [0.05, 0.1) is 43.2 Å². The summed E-state index contributed by atoms with van der Waals surface area (Å²) in [6.45, 7) is 17.7. The van der Waals surface area contributed by atoms with Gasteiger partial charge in [0.2, 0.25) is 11.8 Å². The average Bonchev–Trinajstić information content (AvgIpc) is 3.20. The Morgan fingerprint density at radius 2 is 0.950 bits per heavy atom. The average molecular weight is 829 g/mol. The van der Waals surface area contributed by atoms with E-state index in [-0.39, 0.29) is 42.1 Å². The van der Waals surface area contributed by atoms with E-state index in [4.69, 9.17) is 20.9 Å². The van der Waals surface area contributed by atoms with Gasteiger partial charge in [-0.25, -0.2) is 0 Å². The zero-order chi connectivity index (χ0) is 43.0. The third-order valence-electron chi connectivity index (χ3n) is 10.9. The fourth-order valence-corrected chi connectivity index (χ4v) is 7.98. The zero-order valence-electron chi connectivity index (χ0n) is 36.4. The van der Waals surface area contributed by atoms with Crippen LogP contribution in [0.25, 0.3) is 0 Å². The highest BCUT2D eigenvalue weighted by molar-refractivity contribution is 5.94. The number of benzene rings is 2. The maximum atomic E-state index is 12.4. The first kappa shape index (κ1) is 46.0. The molecule has 4 aliphatic rings. The van der Waals surface area contributed by atoms with Gasteiger partial charge in [0, 0.05) is 108 Å². The lowest BCUT2D eigenvalue weighted by Gasteiger charge is -2.37. The molecule has 14 heteroatoms. The Morgan fingerprint density at radius 3 is 1.40 bits per heavy atom. The fraction of sp³-hybridized carbons (Fsp3) is 0.565. The number of ether oxygens (including phenoxy) is 2. The van der Waals surface area contributed by atoms with Gasteiger partial charge >= 0.3 is 0 Å². The minimum Gasteiger partial charge on any atom is -0.489 e. The van der Waals surface area contributed by atoms with Gasteiger partial charge in [0.1, 0.15) is 11.5 Å². The van der Waals surface area contributed by atoms with E-state index in [1.165, 1.54) is 12.2 Å². The normalized spacial score (nSPS) is 18.8. The van der Waals surface area contributed by atoms with E-state index in [2.05, 4.69) is 31.7 Å². The number of carbonyl (C=O) groups is 4. The van der Waals surface area contributed by atoms with Crippen LogP contribution in [0.15, 0.2) is 72.1 Å². The second-order valence-corrected chi connectivity index (χ2v) is 16.7. The lowest BCUT2D eigenvalue weighted by molar-refractivity contribution is -0.136. The summed E-state index contributed by atoms with van der Waals surface area (Å²) in [5.41, 5.74) is 15.4. The molecule has 2 amide bonds. The SMILES string of the molecule is CC(C)Oc1ccccc1N1CCN(C/C(N)=C/C(=O)CN2CCCCC2=O)CC1.CC(C)Oc1ccccc1N1CCN(CC(=O)/C=C(\N)CN2CCCCC2=O)CC1. The standard InChI is InChI=1S/2C23H34N4O3/c1-18(2)30-22-8-4-3-7-21(22)26-13-11-25(12-14-26)17-20(28)15-19(24)16-27-10-6-5-9-23(27)29;1-18(2)30-22-8-4-3-7-21(22)26-13-11-25(12-14-26)16-19(24)15-20(28)17-27-10-6-5-9-23(27)29/h2*3-4,7-8,15,18H,5-6,9-14,16-17,24H2,1-2H3/b2*19-15-. The number of ketones is 2. The van der Waals surface area contributed by atoms with E-state index in [0.29, 0.717) is 50.4 Å². The van der Waals surface area contributed by atoms with E-state index in [0.717, 1.165) is 107 Å². The van der Waals surface area contributed by atoms with Crippen molar-refractivity contribution in [1.82, 2.24) is 19.6 Å². The van der Waals surface area contributed by atoms with E-state index in [1.54, 1.807) is 9.80 Å². The fourth-order valence-electron chi connectivity index (χ4n) is 7.98. The van der Waals surface area contributed by atoms with Crippen molar-refractivity contribution in [3.05, 3.63) is 72.1 Å². The Bertz CT molecular complexity index is 1800. The van der Waals surface area contributed by atoms with E-state index in [1.807, 2.05) is 64.1 Å². The number of nitrogens with zero attached hydrogens (tertiary/aromatic N) is 6. The van der Waals surface area contributed by atoms with Gasteiger partial charge in [-0.1, -0.05) is 24.3 Å². The minimum absolute atomic E-state index is 0.00560. The molecule has 0 spiro atoms. The number of carbonyl (C=O) groups excluding carboxylic acids is 4. The second-order valence-electron chi connectivity index (χ2n) is 16.7. The summed E-state index contributed by atoms with van der Waals surface area (Å²) in [7, 11) is 0. The molecule has 2 aromatic carbocycles. The van der Waals surface area contributed by atoms with Gasteiger partial charge in [-0.05, 0) is 77.6 Å². The van der Waals surface area contributed by atoms with Gasteiger partial charge < -0.3 is 40.5 Å². The molecule has 4 fully saturated rings. The number of piperidine rings is 2. The molecule has 4 N–H and O–H groups in total. The van der Waals surface area contributed by atoms with Crippen LogP contribution < -0.4 is 30.7 Å². The number of amides is 2. The minimum atomic E-state index is -0.0962. The quantitative estimate of drug-likeness (QED) is 0.235. The highest BCUT2D eigenvalue weighted by Gasteiger charge is 2.24. The Labute approximate surface area is 357 Å². The molecule has 0 aliphatic carbocycles. The van der Waals surface area contributed by atoms with Gasteiger partial charge in [-0.3, -0.25) is 29.0 Å². The number of piperazine rings is 2. The van der Waals surface area contributed by atoms with E-state index < -0.39 is 0 Å². The number of hydrogen-bond acceptors (Lipinski definition) is 12. The lowest BCUT2D eigenvalue weighted by atomic mass is 10.1. The molecule has 60 heavy (non-hydrogen) atoms. The van der Waals surface area contributed by atoms with Crippen molar-refractivity contribution in [2.24, 2.45) is 11.5 Å². The van der Waals surface area contributed by atoms with Gasteiger partial charge in [0.25, 0.3) is 0 Å². The van der Waals surface area contributed by atoms with E-state index in [9.17, 15) is 19.2 Å². The summed E-state index contributed by atoms with van der Waals surface area (Å²) < 4.78 is 11.9. The summed E-state index contributed by atoms with van der Waals surface area (Å²) in [6, 6.07) is 16.3. The molecular weight excluding hydrogens is 761 g/mol. The number of para-hydroxylation sites is 4. The molecular formula is C46H68N8O6. The topological polar surface area (TPSA) is 158 Å². The van der Waals surface area contributed by atoms with Gasteiger partial charge in [-0.2, -0.15) is 0 Å².